The Balaban J connectivity index is 3.08. The molecule has 0 spiro atoms. The number of aromatic hydroxyl groups is 1. The van der Waals surface area contributed by atoms with Crippen molar-refractivity contribution >= 4 is 11.9 Å². The van der Waals surface area contributed by atoms with E-state index in [4.69, 9.17) is 0 Å². The van der Waals surface area contributed by atoms with Gasteiger partial charge in [-0.3, -0.25) is 10.1 Å². The summed E-state index contributed by atoms with van der Waals surface area (Å²) in [6, 6.07) is 3.73. The molecular formula is C8H9N3O3. The largest absolute Gasteiger partial charge is 0.507 e. The lowest BCUT2D eigenvalue weighted by Crippen LogP contribution is -1.96. The van der Waals surface area contributed by atoms with Crippen molar-refractivity contribution in [1.29, 1.82) is 0 Å². The Morgan fingerprint density at radius 1 is 1.64 bits per heavy atom. The predicted octanol–water partition coefficient (Wildman–Crippen LogP) is 0.854. The van der Waals surface area contributed by atoms with Crippen molar-refractivity contribution in [1.82, 2.24) is 5.43 Å². The summed E-state index contributed by atoms with van der Waals surface area (Å²) >= 11 is 0. The highest BCUT2D eigenvalue weighted by atomic mass is 16.6. The second-order valence-corrected chi connectivity index (χ2v) is 2.48. The molecule has 1 aromatic rings. The molecule has 6 nitrogen and oxygen atoms in total. The van der Waals surface area contributed by atoms with Crippen LogP contribution in [0.15, 0.2) is 23.3 Å². The summed E-state index contributed by atoms with van der Waals surface area (Å²) in [6.07, 6.45) is 1.31. The monoisotopic (exact) mass is 195 g/mol. The van der Waals surface area contributed by atoms with Crippen LogP contribution < -0.4 is 5.43 Å². The standard InChI is InChI=1S/C8H9N3O3/c1-9-10-5-6-4-7(11(13)14)2-3-8(6)12/h2-5,9,12H,1H3/b10-5+. The Morgan fingerprint density at radius 3 is 2.93 bits per heavy atom. The van der Waals surface area contributed by atoms with Gasteiger partial charge in [-0.1, -0.05) is 0 Å². The number of hydrazone groups is 1. The molecule has 74 valence electrons. The van der Waals surface area contributed by atoms with Gasteiger partial charge in [-0.05, 0) is 6.07 Å². The van der Waals surface area contributed by atoms with Gasteiger partial charge >= 0.3 is 0 Å². The molecular weight excluding hydrogens is 186 g/mol. The van der Waals surface area contributed by atoms with Crippen LogP contribution in [0.5, 0.6) is 5.75 Å². The van der Waals surface area contributed by atoms with E-state index in [1.54, 1.807) is 7.05 Å². The third-order valence-corrected chi connectivity index (χ3v) is 1.55. The first-order valence-electron chi connectivity index (χ1n) is 3.82. The Hall–Kier alpha value is -2.11. The van der Waals surface area contributed by atoms with E-state index < -0.39 is 4.92 Å². The van der Waals surface area contributed by atoms with E-state index in [1.165, 1.54) is 24.4 Å². The Morgan fingerprint density at radius 2 is 2.36 bits per heavy atom. The van der Waals surface area contributed by atoms with Crippen LogP contribution in [0.2, 0.25) is 0 Å². The van der Waals surface area contributed by atoms with Gasteiger partial charge in [-0.15, -0.1) is 0 Å². The molecule has 0 saturated heterocycles. The molecule has 0 saturated carbocycles. The predicted molar refractivity (Wildman–Crippen MR) is 51.4 cm³/mol. The minimum atomic E-state index is -0.532. The number of nitrogens with one attached hydrogen (secondary N) is 1. The Labute approximate surface area is 80.0 Å². The van der Waals surface area contributed by atoms with Gasteiger partial charge in [0.1, 0.15) is 5.75 Å². The first-order valence-corrected chi connectivity index (χ1v) is 3.82. The van der Waals surface area contributed by atoms with Gasteiger partial charge < -0.3 is 10.5 Å². The van der Waals surface area contributed by atoms with Crippen LogP contribution >= 0.6 is 0 Å². The van der Waals surface area contributed by atoms with E-state index >= 15 is 0 Å². The van der Waals surface area contributed by atoms with E-state index in [2.05, 4.69) is 10.5 Å². The molecule has 0 aliphatic heterocycles. The number of nitro groups is 1. The third-order valence-electron chi connectivity index (χ3n) is 1.55. The van der Waals surface area contributed by atoms with E-state index in [0.717, 1.165) is 0 Å². The molecule has 0 radical (unpaired) electrons. The minimum Gasteiger partial charge on any atom is -0.507 e. The molecule has 0 aliphatic carbocycles. The van der Waals surface area contributed by atoms with Crippen molar-refractivity contribution in [2.75, 3.05) is 7.05 Å². The average Bonchev–Trinajstić information content (AvgIpc) is 2.16. The van der Waals surface area contributed by atoms with Crippen molar-refractivity contribution in [3.05, 3.63) is 33.9 Å². The zero-order chi connectivity index (χ0) is 10.6. The molecule has 2 N–H and O–H groups in total. The normalized spacial score (nSPS) is 10.4. The molecule has 0 atom stereocenters. The molecule has 0 heterocycles. The fourth-order valence-electron chi connectivity index (χ4n) is 0.893. The summed E-state index contributed by atoms with van der Waals surface area (Å²) in [5.74, 6) is -0.0467. The van der Waals surface area contributed by atoms with Gasteiger partial charge in [0, 0.05) is 24.7 Å². The number of hydrogen-bond donors (Lipinski definition) is 2. The number of phenolic OH excluding ortho intramolecular Hbond substituents is 1. The molecule has 1 rings (SSSR count). The van der Waals surface area contributed by atoms with Gasteiger partial charge in [-0.25, -0.2) is 0 Å². The van der Waals surface area contributed by atoms with Crippen molar-refractivity contribution in [2.45, 2.75) is 0 Å². The molecule has 0 bridgehead atoms. The summed E-state index contributed by atoms with van der Waals surface area (Å²) < 4.78 is 0. The summed E-state index contributed by atoms with van der Waals surface area (Å²) in [4.78, 5) is 9.87. The molecule has 0 aliphatic rings. The quantitative estimate of drug-likeness (QED) is 0.425. The number of hydrogen-bond acceptors (Lipinski definition) is 5. The highest BCUT2D eigenvalue weighted by Gasteiger charge is 2.08. The number of rotatable bonds is 3. The van der Waals surface area contributed by atoms with Crippen molar-refractivity contribution in [3.8, 4) is 5.75 Å². The topological polar surface area (TPSA) is 87.8 Å². The van der Waals surface area contributed by atoms with Crippen molar-refractivity contribution in [3.63, 3.8) is 0 Å². The number of nitrogens with zero attached hydrogens (tertiary/aromatic N) is 2. The fourth-order valence-corrected chi connectivity index (χ4v) is 0.893. The lowest BCUT2D eigenvalue weighted by atomic mass is 10.2. The maximum absolute atomic E-state index is 10.4. The van der Waals surface area contributed by atoms with Crippen molar-refractivity contribution in [2.24, 2.45) is 5.10 Å². The summed E-state index contributed by atoms with van der Waals surface area (Å²) in [7, 11) is 1.59. The molecule has 14 heavy (non-hydrogen) atoms. The summed E-state index contributed by atoms with van der Waals surface area (Å²) in [6.45, 7) is 0. The van der Waals surface area contributed by atoms with Gasteiger partial charge in [0.25, 0.3) is 5.69 Å². The molecule has 0 amide bonds. The minimum absolute atomic E-state index is 0.0467. The van der Waals surface area contributed by atoms with Crippen LogP contribution in [0.3, 0.4) is 0 Å². The zero-order valence-corrected chi connectivity index (χ0v) is 7.47. The van der Waals surface area contributed by atoms with E-state index in [9.17, 15) is 15.2 Å². The van der Waals surface area contributed by atoms with E-state index in [-0.39, 0.29) is 11.4 Å². The van der Waals surface area contributed by atoms with Gasteiger partial charge in [0.15, 0.2) is 0 Å². The number of non-ortho nitro benzene ring substituents is 1. The molecule has 0 aromatic heterocycles. The molecule has 0 fully saturated rings. The van der Waals surface area contributed by atoms with Crippen LogP contribution in [-0.4, -0.2) is 23.3 Å². The molecule has 0 unspecified atom stereocenters. The molecule has 1 aromatic carbocycles. The van der Waals surface area contributed by atoms with Gasteiger partial charge in [0.2, 0.25) is 0 Å². The van der Waals surface area contributed by atoms with Crippen LogP contribution in [-0.2, 0) is 0 Å². The lowest BCUT2D eigenvalue weighted by Gasteiger charge is -1.97. The highest BCUT2D eigenvalue weighted by molar-refractivity contribution is 5.84. The number of phenols is 1. The number of benzene rings is 1. The Kier molecular flexibility index (Phi) is 3.01. The summed E-state index contributed by atoms with van der Waals surface area (Å²) in [5, 5.41) is 23.3. The number of nitro benzene ring substituents is 1. The Bertz CT molecular complexity index is 376. The maximum atomic E-state index is 10.4. The van der Waals surface area contributed by atoms with Gasteiger partial charge in [0.05, 0.1) is 11.1 Å². The smallest absolute Gasteiger partial charge is 0.270 e. The molecule has 6 heteroatoms. The van der Waals surface area contributed by atoms with Crippen LogP contribution in [0.25, 0.3) is 0 Å². The highest BCUT2D eigenvalue weighted by Crippen LogP contribution is 2.20. The van der Waals surface area contributed by atoms with Crippen LogP contribution in [0.1, 0.15) is 5.56 Å². The van der Waals surface area contributed by atoms with E-state index in [0.29, 0.717) is 5.56 Å². The summed E-state index contributed by atoms with van der Waals surface area (Å²) in [5.41, 5.74) is 2.70. The van der Waals surface area contributed by atoms with Crippen molar-refractivity contribution < 1.29 is 10.0 Å². The first-order chi connectivity index (χ1) is 6.65. The average molecular weight is 195 g/mol. The van der Waals surface area contributed by atoms with Crippen LogP contribution in [0.4, 0.5) is 5.69 Å². The fraction of sp³-hybridized carbons (Fsp3) is 0.125. The maximum Gasteiger partial charge on any atom is 0.270 e. The second kappa shape index (κ2) is 4.22. The lowest BCUT2D eigenvalue weighted by molar-refractivity contribution is -0.384. The first kappa shape index (κ1) is 9.97. The third kappa shape index (κ3) is 2.19. The van der Waals surface area contributed by atoms with Gasteiger partial charge in [-0.2, -0.15) is 5.10 Å². The van der Waals surface area contributed by atoms with Crippen LogP contribution in [0, 0.1) is 10.1 Å². The SMILES string of the molecule is CN/N=C/c1cc([N+](=O)[O-])ccc1O. The van der Waals surface area contributed by atoms with E-state index in [1.807, 2.05) is 0 Å². The zero-order valence-electron chi connectivity index (χ0n) is 7.47. The second-order valence-electron chi connectivity index (χ2n) is 2.48.